The second kappa shape index (κ2) is 10.9. The Morgan fingerprint density at radius 2 is 1.64 bits per heavy atom. The molecule has 5 aromatic rings. The number of aryl methyl sites for hydroxylation is 1. The van der Waals surface area contributed by atoms with Gasteiger partial charge >= 0.3 is 6.09 Å². The number of tetrazole rings is 1. The summed E-state index contributed by atoms with van der Waals surface area (Å²) in [6.07, 6.45) is 0.236. The van der Waals surface area contributed by atoms with E-state index in [1.807, 2.05) is 66.7 Å². The largest absolute Gasteiger partial charge is 0.443 e. The predicted octanol–water partition coefficient (Wildman–Crippen LogP) is 5.22. The number of carbonyl (C=O) groups excluding carboxylic acids is 1. The van der Waals surface area contributed by atoms with Crippen LogP contribution in [0.2, 0.25) is 0 Å². The van der Waals surface area contributed by atoms with Crippen LogP contribution in [0.4, 0.5) is 9.93 Å². The van der Waals surface area contributed by atoms with Gasteiger partial charge in [0.15, 0.2) is 5.82 Å². The molecule has 0 saturated carbocycles. The summed E-state index contributed by atoms with van der Waals surface area (Å²) >= 11 is 1.57. The monoisotopic (exact) mass is 497 g/mol. The Balaban J connectivity index is 1.33. The number of aromatic nitrogens is 6. The lowest BCUT2D eigenvalue weighted by atomic mass is 9.98. The Morgan fingerprint density at radius 3 is 2.39 bits per heavy atom. The number of anilines is 1. The Labute approximate surface area is 211 Å². The Hall–Kier alpha value is -4.44. The molecule has 0 aliphatic carbocycles. The minimum Gasteiger partial charge on any atom is -0.443 e. The highest BCUT2D eigenvalue weighted by Crippen LogP contribution is 2.31. The highest BCUT2D eigenvalue weighted by Gasteiger charge is 2.20. The zero-order valence-electron chi connectivity index (χ0n) is 19.5. The number of hydrogen-bond donors (Lipinski definition) is 1. The highest BCUT2D eigenvalue weighted by molar-refractivity contribution is 7.15. The fraction of sp³-hybridized carbons (Fsp3) is 0.154. The summed E-state index contributed by atoms with van der Waals surface area (Å²) in [5.74, 6) is 0.317. The molecule has 10 heteroatoms. The van der Waals surface area contributed by atoms with Crippen molar-refractivity contribution in [2.45, 2.75) is 26.5 Å². The van der Waals surface area contributed by atoms with Crippen molar-refractivity contribution in [3.8, 4) is 22.5 Å². The van der Waals surface area contributed by atoms with Gasteiger partial charge in [0.25, 0.3) is 0 Å². The molecule has 0 radical (unpaired) electrons. The highest BCUT2D eigenvalue weighted by atomic mass is 32.1. The van der Waals surface area contributed by atoms with Crippen LogP contribution in [0.3, 0.4) is 0 Å². The minimum absolute atomic E-state index is 0.132. The third kappa shape index (κ3) is 5.28. The molecule has 0 aliphatic heterocycles. The van der Waals surface area contributed by atoms with Crippen molar-refractivity contribution < 1.29 is 9.53 Å². The number of rotatable bonds is 8. The number of benzene rings is 3. The van der Waals surface area contributed by atoms with Crippen LogP contribution >= 0.6 is 11.3 Å². The zero-order valence-corrected chi connectivity index (χ0v) is 20.4. The molecule has 0 fully saturated rings. The average Bonchev–Trinajstić information content (AvgIpc) is 3.61. The van der Waals surface area contributed by atoms with Gasteiger partial charge in [0, 0.05) is 12.1 Å². The van der Waals surface area contributed by atoms with Crippen LogP contribution in [-0.2, 0) is 24.3 Å². The molecule has 0 atom stereocenters. The summed E-state index contributed by atoms with van der Waals surface area (Å²) in [4.78, 5) is 12.8. The third-order valence-electron chi connectivity index (χ3n) is 5.49. The van der Waals surface area contributed by atoms with Gasteiger partial charge in [0.1, 0.15) is 11.6 Å². The summed E-state index contributed by atoms with van der Waals surface area (Å²) in [6.45, 7) is 2.84. The Kier molecular flexibility index (Phi) is 7.04. The summed E-state index contributed by atoms with van der Waals surface area (Å²) in [6, 6.07) is 25.3. The molecule has 0 aliphatic rings. The molecule has 3 aromatic carbocycles. The summed E-state index contributed by atoms with van der Waals surface area (Å²) in [5, 5.41) is 25.2. The van der Waals surface area contributed by atoms with Crippen molar-refractivity contribution in [3.05, 3.63) is 95.0 Å². The van der Waals surface area contributed by atoms with E-state index >= 15 is 0 Å². The smallest absolute Gasteiger partial charge is 0.438 e. The van der Waals surface area contributed by atoms with E-state index in [9.17, 15) is 4.79 Å². The van der Waals surface area contributed by atoms with Crippen LogP contribution in [0.5, 0.6) is 0 Å². The van der Waals surface area contributed by atoms with Crippen molar-refractivity contribution in [1.82, 2.24) is 30.4 Å². The minimum atomic E-state index is -0.641. The van der Waals surface area contributed by atoms with Crippen molar-refractivity contribution in [2.24, 2.45) is 0 Å². The summed E-state index contributed by atoms with van der Waals surface area (Å²) in [7, 11) is 0. The number of hydrogen-bond acceptors (Lipinski definition) is 9. The fourth-order valence-electron chi connectivity index (χ4n) is 3.64. The zero-order chi connectivity index (χ0) is 24.7. The molecule has 5 rings (SSSR count). The molecule has 0 unspecified atom stereocenters. The molecule has 2 heterocycles. The molecule has 180 valence electrons. The molecule has 0 amide bonds. The van der Waals surface area contributed by atoms with E-state index in [2.05, 4.69) is 50.1 Å². The van der Waals surface area contributed by atoms with Gasteiger partial charge in [-0.3, -0.25) is 0 Å². The van der Waals surface area contributed by atoms with Gasteiger partial charge in [-0.1, -0.05) is 97.1 Å². The second-order valence-corrected chi connectivity index (χ2v) is 8.97. The maximum atomic E-state index is 12.8. The summed E-state index contributed by atoms with van der Waals surface area (Å²) < 4.78 is 6.52. The lowest BCUT2D eigenvalue weighted by molar-refractivity contribution is 0.137. The first kappa shape index (κ1) is 23.3. The van der Waals surface area contributed by atoms with Crippen LogP contribution in [-0.4, -0.2) is 36.5 Å². The third-order valence-corrected chi connectivity index (χ3v) is 6.52. The lowest BCUT2D eigenvalue weighted by Crippen LogP contribution is -2.16. The maximum absolute atomic E-state index is 12.8. The van der Waals surface area contributed by atoms with Crippen molar-refractivity contribution >= 4 is 22.6 Å². The van der Waals surface area contributed by atoms with E-state index in [1.54, 1.807) is 11.3 Å². The molecule has 2 aromatic heterocycles. The maximum Gasteiger partial charge on any atom is 0.438 e. The predicted molar refractivity (Wildman–Crippen MR) is 137 cm³/mol. The topological polar surface area (TPSA) is 108 Å². The average molecular weight is 498 g/mol. The normalized spacial score (nSPS) is 10.8. The van der Waals surface area contributed by atoms with E-state index in [4.69, 9.17) is 4.74 Å². The molecular weight excluding hydrogens is 474 g/mol. The Bertz CT molecular complexity index is 1450. The molecule has 0 bridgehead atoms. The number of nitrogens with one attached hydrogen (secondary N) is 1. The van der Waals surface area contributed by atoms with E-state index in [-0.39, 0.29) is 6.61 Å². The number of nitrogens with zero attached hydrogens (tertiary/aromatic N) is 6. The Morgan fingerprint density at radius 1 is 0.889 bits per heavy atom. The molecular formula is C26H23N7O2S. The van der Waals surface area contributed by atoms with E-state index in [0.717, 1.165) is 49.1 Å². The second-order valence-electron chi connectivity index (χ2n) is 7.91. The van der Waals surface area contributed by atoms with Crippen molar-refractivity contribution in [3.63, 3.8) is 0 Å². The SMILES string of the molecule is CCc1nnc(NCc2ccc(-c3ccccc3-c3nnnn3C(=O)OCc3ccccc3)cc2)s1. The van der Waals surface area contributed by atoms with Crippen LogP contribution in [0.25, 0.3) is 22.5 Å². The quantitative estimate of drug-likeness (QED) is 0.291. The summed E-state index contributed by atoms with van der Waals surface area (Å²) in [5.41, 5.74) is 4.60. The van der Waals surface area contributed by atoms with Crippen molar-refractivity contribution in [1.29, 1.82) is 0 Å². The fourth-order valence-corrected chi connectivity index (χ4v) is 4.31. The van der Waals surface area contributed by atoms with Gasteiger partial charge in [-0.15, -0.1) is 20.0 Å². The van der Waals surface area contributed by atoms with Gasteiger partial charge in [0.05, 0.1) is 0 Å². The van der Waals surface area contributed by atoms with Gasteiger partial charge < -0.3 is 10.1 Å². The first-order valence-electron chi connectivity index (χ1n) is 11.5. The lowest BCUT2D eigenvalue weighted by Gasteiger charge is -2.11. The van der Waals surface area contributed by atoms with Gasteiger partial charge in [0.2, 0.25) is 5.13 Å². The standard InChI is InChI=1S/C26H23N7O2S/c1-2-23-28-30-25(36-23)27-16-18-12-14-20(15-13-18)21-10-6-7-11-22(21)24-29-31-32-33(24)26(34)35-17-19-8-4-3-5-9-19/h3-15H,2,16-17H2,1H3,(H,27,30). The first-order chi connectivity index (χ1) is 17.7. The van der Waals surface area contributed by atoms with Crippen LogP contribution < -0.4 is 5.32 Å². The van der Waals surface area contributed by atoms with Gasteiger partial charge in [-0.05, 0) is 39.1 Å². The van der Waals surface area contributed by atoms with E-state index in [0.29, 0.717) is 12.4 Å². The number of carbonyl (C=O) groups is 1. The molecule has 36 heavy (non-hydrogen) atoms. The first-order valence-corrected chi connectivity index (χ1v) is 12.3. The van der Waals surface area contributed by atoms with Crippen molar-refractivity contribution in [2.75, 3.05) is 5.32 Å². The van der Waals surface area contributed by atoms with Crippen LogP contribution in [0, 0.1) is 0 Å². The molecule has 1 N–H and O–H groups in total. The van der Waals surface area contributed by atoms with Crippen LogP contribution in [0.1, 0.15) is 23.1 Å². The van der Waals surface area contributed by atoms with E-state index < -0.39 is 6.09 Å². The van der Waals surface area contributed by atoms with Gasteiger partial charge in [-0.25, -0.2) is 4.79 Å². The molecule has 9 nitrogen and oxygen atoms in total. The molecule has 0 spiro atoms. The number of ether oxygens (including phenoxy) is 1. The molecule has 0 saturated heterocycles. The van der Waals surface area contributed by atoms with Gasteiger partial charge in [-0.2, -0.15) is 0 Å². The van der Waals surface area contributed by atoms with E-state index in [1.165, 1.54) is 0 Å². The van der Waals surface area contributed by atoms with Crippen LogP contribution in [0.15, 0.2) is 78.9 Å².